The van der Waals surface area contributed by atoms with Crippen LogP contribution in [0.3, 0.4) is 0 Å². The SMILES string of the molecule is C=C1CCC2(C(=O)OC3OC(CO)C(O)C(O)C3O)CCC3(C)C(=CCC4C5(C)CC(O)C(OC6OCC(O)C(O)C6OC6OC(CO)C(O)C(O)C6O)C(C)(CO)C5CCC43C)C2C1. The summed E-state index contributed by atoms with van der Waals surface area (Å²) in [6.45, 7) is 10.8. The van der Waals surface area contributed by atoms with Gasteiger partial charge in [-0.05, 0) is 85.9 Å². The Kier molecular flexibility index (Phi) is 13.7. The third kappa shape index (κ3) is 7.62. The van der Waals surface area contributed by atoms with E-state index in [1.54, 1.807) is 0 Å². The number of aliphatic hydroxyl groups is 12. The second-order valence-corrected chi connectivity index (χ2v) is 21.6. The fraction of sp³-hybridized carbons (Fsp3) is 0.891. The first-order valence-electron chi connectivity index (χ1n) is 23.3. The minimum Gasteiger partial charge on any atom is -0.432 e. The van der Waals surface area contributed by atoms with Crippen molar-refractivity contribution in [3.63, 3.8) is 0 Å². The Hall–Kier alpha value is -1.73. The van der Waals surface area contributed by atoms with Crippen molar-refractivity contribution >= 4 is 5.97 Å². The van der Waals surface area contributed by atoms with Gasteiger partial charge in [-0.3, -0.25) is 4.79 Å². The molecule has 24 atom stereocenters. The fourth-order valence-electron chi connectivity index (χ4n) is 14.5. The van der Waals surface area contributed by atoms with Gasteiger partial charge in [-0.2, -0.15) is 0 Å². The second kappa shape index (κ2) is 17.9. The average molecular weight is 929 g/mol. The molecule has 3 heterocycles. The van der Waals surface area contributed by atoms with E-state index in [1.165, 1.54) is 0 Å². The molecule has 0 aromatic heterocycles. The molecule has 0 aromatic rings. The minimum absolute atomic E-state index is 0.00509. The molecule has 0 radical (unpaired) electrons. The minimum atomic E-state index is -1.82. The molecule has 370 valence electrons. The molecule has 0 amide bonds. The van der Waals surface area contributed by atoms with E-state index in [4.69, 9.17) is 28.4 Å². The highest BCUT2D eigenvalue weighted by atomic mass is 16.8. The monoisotopic (exact) mass is 928 g/mol. The van der Waals surface area contributed by atoms with Crippen molar-refractivity contribution in [3.05, 3.63) is 23.8 Å². The van der Waals surface area contributed by atoms with Crippen molar-refractivity contribution in [3.8, 4) is 0 Å². The summed E-state index contributed by atoms with van der Waals surface area (Å²) in [5.41, 5.74) is -1.27. The van der Waals surface area contributed by atoms with Crippen LogP contribution in [0.1, 0.15) is 85.5 Å². The normalized spacial score (nSPS) is 54.6. The summed E-state index contributed by atoms with van der Waals surface area (Å²) in [7, 11) is 0. The van der Waals surface area contributed by atoms with E-state index in [0.717, 1.165) is 17.6 Å². The summed E-state index contributed by atoms with van der Waals surface area (Å²) >= 11 is 0. The highest BCUT2D eigenvalue weighted by molar-refractivity contribution is 5.79. The Labute approximate surface area is 378 Å². The first kappa shape index (κ1) is 49.7. The fourth-order valence-corrected chi connectivity index (χ4v) is 14.5. The summed E-state index contributed by atoms with van der Waals surface area (Å²) in [4.78, 5) is 14.5. The van der Waals surface area contributed by atoms with E-state index < -0.39 is 146 Å². The Morgan fingerprint density at radius 3 is 2.00 bits per heavy atom. The molecule has 12 N–H and O–H groups in total. The zero-order valence-electron chi connectivity index (χ0n) is 37.7. The lowest BCUT2D eigenvalue weighted by Crippen LogP contribution is -2.69. The predicted molar refractivity (Wildman–Crippen MR) is 222 cm³/mol. The maximum absolute atomic E-state index is 14.5. The molecule has 65 heavy (non-hydrogen) atoms. The number of ether oxygens (including phenoxy) is 6. The standard InChI is InChI=1S/C46H72O19/c1-20-8-11-46(41(59)65-39-35(58)33(56)31(54)26(17-48)62-39)13-12-44(4)21(22(46)14-20)6-7-28-42(2)15-23(50)37(43(3,19-49)27(42)9-10-45(28,44)5)64-40-36(29(52)24(51)18-60-40)63-38-34(57)32(55)30(53)25(16-47)61-38/h6,22-40,47-58H,1,7-19H2,2-5H3. The molecule has 5 aliphatic carbocycles. The molecule has 8 rings (SSSR count). The molecule has 3 aliphatic heterocycles. The molecule has 0 aromatic carbocycles. The van der Waals surface area contributed by atoms with Crippen LogP contribution >= 0.6 is 0 Å². The first-order chi connectivity index (χ1) is 30.6. The van der Waals surface area contributed by atoms with Crippen LogP contribution in [0.2, 0.25) is 0 Å². The van der Waals surface area contributed by atoms with Gasteiger partial charge in [-0.25, -0.2) is 0 Å². The van der Waals surface area contributed by atoms with Gasteiger partial charge >= 0.3 is 5.97 Å². The molecule has 24 unspecified atom stereocenters. The number of allylic oxidation sites excluding steroid dienone is 3. The molecule has 0 spiro atoms. The smallest absolute Gasteiger partial charge is 0.315 e. The van der Waals surface area contributed by atoms with E-state index in [1.807, 2.05) is 6.92 Å². The van der Waals surface area contributed by atoms with Crippen molar-refractivity contribution in [2.75, 3.05) is 26.4 Å². The number of aliphatic hydroxyl groups excluding tert-OH is 12. The highest BCUT2D eigenvalue weighted by Gasteiger charge is 2.71. The molecular weight excluding hydrogens is 856 g/mol. The van der Waals surface area contributed by atoms with Gasteiger partial charge in [0.25, 0.3) is 0 Å². The lowest BCUT2D eigenvalue weighted by molar-refractivity contribution is -0.373. The lowest BCUT2D eigenvalue weighted by atomic mass is 9.33. The van der Waals surface area contributed by atoms with Gasteiger partial charge in [-0.15, -0.1) is 0 Å². The molecule has 4 saturated carbocycles. The van der Waals surface area contributed by atoms with Crippen LogP contribution in [0.5, 0.6) is 0 Å². The van der Waals surface area contributed by atoms with Gasteiger partial charge in [0.2, 0.25) is 6.29 Å². The Bertz CT molecular complexity index is 1800. The second-order valence-electron chi connectivity index (χ2n) is 21.6. The van der Waals surface area contributed by atoms with Crippen LogP contribution in [-0.4, -0.2) is 192 Å². The summed E-state index contributed by atoms with van der Waals surface area (Å²) in [6, 6.07) is 0. The maximum atomic E-state index is 14.5. The number of esters is 1. The van der Waals surface area contributed by atoms with Crippen LogP contribution in [0.15, 0.2) is 23.8 Å². The van der Waals surface area contributed by atoms with Crippen LogP contribution < -0.4 is 0 Å². The molecule has 8 aliphatic rings. The third-order valence-electron chi connectivity index (χ3n) is 18.4. The highest BCUT2D eigenvalue weighted by Crippen LogP contribution is 2.75. The average Bonchev–Trinajstić information content (AvgIpc) is 3.27. The lowest BCUT2D eigenvalue weighted by Gasteiger charge is -2.71. The van der Waals surface area contributed by atoms with Crippen LogP contribution in [-0.2, 0) is 33.2 Å². The first-order valence-corrected chi connectivity index (χ1v) is 23.3. The van der Waals surface area contributed by atoms with Crippen molar-refractivity contribution in [1.29, 1.82) is 0 Å². The van der Waals surface area contributed by atoms with Crippen molar-refractivity contribution in [2.24, 2.45) is 44.8 Å². The Morgan fingerprint density at radius 2 is 1.37 bits per heavy atom. The topological polar surface area (TPSA) is 315 Å². The summed E-state index contributed by atoms with van der Waals surface area (Å²) < 4.78 is 35.4. The predicted octanol–water partition coefficient (Wildman–Crippen LogP) is -1.75. The van der Waals surface area contributed by atoms with Crippen LogP contribution in [0.4, 0.5) is 0 Å². The van der Waals surface area contributed by atoms with Gasteiger partial charge in [-0.1, -0.05) is 51.5 Å². The van der Waals surface area contributed by atoms with Gasteiger partial charge in [0.15, 0.2) is 12.6 Å². The van der Waals surface area contributed by atoms with E-state index in [0.29, 0.717) is 44.9 Å². The van der Waals surface area contributed by atoms with Crippen LogP contribution in [0, 0.1) is 44.8 Å². The van der Waals surface area contributed by atoms with Gasteiger partial charge < -0.3 is 89.7 Å². The van der Waals surface area contributed by atoms with Gasteiger partial charge in [0.05, 0.1) is 44.1 Å². The Morgan fingerprint density at radius 1 is 0.738 bits per heavy atom. The molecule has 0 bridgehead atoms. The summed E-state index contributed by atoms with van der Waals surface area (Å²) in [6.07, 6.45) is -17.4. The number of rotatable bonds is 9. The zero-order valence-corrected chi connectivity index (χ0v) is 37.7. The van der Waals surface area contributed by atoms with Crippen molar-refractivity contribution < 1.29 is 94.5 Å². The molecular formula is C46H72O19. The third-order valence-corrected chi connectivity index (χ3v) is 18.4. The summed E-state index contributed by atoms with van der Waals surface area (Å²) in [5.74, 6) is -1.08. The number of carbonyl (C=O) groups is 1. The van der Waals surface area contributed by atoms with E-state index in [2.05, 4.69) is 33.4 Å². The number of hydrogen-bond donors (Lipinski definition) is 12. The number of carbonyl (C=O) groups excluding carboxylic acids is 1. The maximum Gasteiger partial charge on any atom is 0.315 e. The van der Waals surface area contributed by atoms with Gasteiger partial charge in [0.1, 0.15) is 67.1 Å². The van der Waals surface area contributed by atoms with E-state index in [9.17, 15) is 66.1 Å². The zero-order chi connectivity index (χ0) is 47.3. The molecule has 19 nitrogen and oxygen atoms in total. The summed E-state index contributed by atoms with van der Waals surface area (Å²) in [5, 5.41) is 128. The largest absolute Gasteiger partial charge is 0.432 e. The van der Waals surface area contributed by atoms with Crippen LogP contribution in [0.25, 0.3) is 0 Å². The van der Waals surface area contributed by atoms with E-state index in [-0.39, 0.29) is 36.2 Å². The van der Waals surface area contributed by atoms with Crippen molar-refractivity contribution in [1.82, 2.24) is 0 Å². The van der Waals surface area contributed by atoms with E-state index >= 15 is 0 Å². The Balaban J connectivity index is 1.05. The number of fused-ring (bicyclic) bond motifs is 7. The van der Waals surface area contributed by atoms with Gasteiger partial charge in [0, 0.05) is 11.3 Å². The molecule has 3 saturated heterocycles. The quantitative estimate of drug-likeness (QED) is 0.0693. The van der Waals surface area contributed by atoms with Crippen molar-refractivity contribution in [2.45, 2.75) is 184 Å². The number of hydrogen-bond acceptors (Lipinski definition) is 19. The molecule has 19 heteroatoms. The molecule has 7 fully saturated rings.